The molecule has 0 aromatic rings. The van der Waals surface area contributed by atoms with Gasteiger partial charge in [0.25, 0.3) is 0 Å². The van der Waals surface area contributed by atoms with Crippen LogP contribution in [0.2, 0.25) is 0 Å². The lowest BCUT2D eigenvalue weighted by atomic mass is 9.42. The van der Waals surface area contributed by atoms with Gasteiger partial charge in [0.05, 0.1) is 18.8 Å². The van der Waals surface area contributed by atoms with Crippen LogP contribution < -0.4 is 0 Å². The maximum absolute atomic E-state index is 10.9. The molecule has 0 radical (unpaired) electrons. The first-order valence-corrected chi connectivity index (χ1v) is 14.0. The molecule has 3 heteroatoms. The van der Waals surface area contributed by atoms with Crippen molar-refractivity contribution in [3.05, 3.63) is 11.6 Å². The van der Waals surface area contributed by atoms with Crippen molar-refractivity contribution >= 4 is 0 Å². The van der Waals surface area contributed by atoms with Crippen LogP contribution in [-0.4, -0.2) is 34.1 Å². The number of aliphatic hydroxyl groups is 3. The molecule has 10 atom stereocenters. The van der Waals surface area contributed by atoms with Gasteiger partial charge in [-0.3, -0.25) is 0 Å². The molecule has 4 fully saturated rings. The minimum absolute atomic E-state index is 0.0164. The van der Waals surface area contributed by atoms with E-state index in [-0.39, 0.29) is 35.1 Å². The molecule has 0 saturated heterocycles. The number of allylic oxidation sites excluding steroid dienone is 2. The number of fused-ring (bicyclic) bond motifs is 6. The molecule has 0 unspecified atom stereocenters. The molecule has 3 nitrogen and oxygen atoms in total. The highest BCUT2D eigenvalue weighted by molar-refractivity contribution is 5.25. The Morgan fingerprint density at radius 3 is 2.12 bits per heavy atom. The normalized spacial score (nSPS) is 55.8. The summed E-state index contributed by atoms with van der Waals surface area (Å²) < 4.78 is 0. The van der Waals surface area contributed by atoms with Gasteiger partial charge in [-0.1, -0.05) is 53.2 Å². The van der Waals surface area contributed by atoms with Crippen LogP contribution in [0.25, 0.3) is 0 Å². The summed E-state index contributed by atoms with van der Waals surface area (Å²) in [5.74, 6) is 2.25. The van der Waals surface area contributed by atoms with Crippen molar-refractivity contribution in [1.82, 2.24) is 0 Å². The van der Waals surface area contributed by atoms with Crippen LogP contribution in [0.3, 0.4) is 0 Å². The summed E-state index contributed by atoms with van der Waals surface area (Å²) in [7, 11) is 0. The van der Waals surface area contributed by atoms with E-state index in [1.54, 1.807) is 5.57 Å². The first-order valence-electron chi connectivity index (χ1n) is 14.0. The molecule has 5 rings (SSSR count). The third kappa shape index (κ3) is 3.17. The van der Waals surface area contributed by atoms with Crippen molar-refractivity contribution in [2.45, 2.75) is 118 Å². The van der Waals surface area contributed by atoms with Crippen molar-refractivity contribution in [2.24, 2.45) is 50.7 Å². The zero-order valence-electron chi connectivity index (χ0n) is 22.2. The standard InChI is InChI=1S/C30H50O3/c1-26(2)21-9-7-19-17-27(3)14-11-23-29(5,16-13-25(33)30(23,6)18-31)22(27)10-8-20(19)28(21,4)15-12-24(26)32/h7,20-25,31-33H,8-18H2,1-6H3/t20-,21-,22-,23+,24+,25+,27-,28+,29+,30+/m0/s1. The van der Waals surface area contributed by atoms with E-state index in [0.29, 0.717) is 34.5 Å². The van der Waals surface area contributed by atoms with Gasteiger partial charge < -0.3 is 15.3 Å². The van der Waals surface area contributed by atoms with Crippen molar-refractivity contribution in [2.75, 3.05) is 6.61 Å². The molecule has 0 aromatic heterocycles. The summed E-state index contributed by atoms with van der Waals surface area (Å²) in [6.07, 6.45) is 13.3. The fraction of sp³-hybridized carbons (Fsp3) is 0.933. The van der Waals surface area contributed by atoms with Crippen LogP contribution in [0.1, 0.15) is 106 Å². The zero-order chi connectivity index (χ0) is 24.0. The van der Waals surface area contributed by atoms with E-state index < -0.39 is 0 Å². The molecule has 0 aliphatic heterocycles. The zero-order valence-corrected chi connectivity index (χ0v) is 22.2. The van der Waals surface area contributed by atoms with Crippen LogP contribution in [0.5, 0.6) is 0 Å². The monoisotopic (exact) mass is 458 g/mol. The largest absolute Gasteiger partial charge is 0.396 e. The van der Waals surface area contributed by atoms with Crippen LogP contribution in [0.4, 0.5) is 0 Å². The Morgan fingerprint density at radius 2 is 1.42 bits per heavy atom. The van der Waals surface area contributed by atoms with Crippen LogP contribution in [0.15, 0.2) is 11.6 Å². The molecule has 0 spiro atoms. The molecule has 0 amide bonds. The molecule has 0 aromatic carbocycles. The minimum Gasteiger partial charge on any atom is -0.396 e. The summed E-state index contributed by atoms with van der Waals surface area (Å²) in [6, 6.07) is 0. The van der Waals surface area contributed by atoms with Gasteiger partial charge in [0.1, 0.15) is 0 Å². The van der Waals surface area contributed by atoms with E-state index in [9.17, 15) is 15.3 Å². The molecular formula is C30H50O3. The van der Waals surface area contributed by atoms with E-state index in [1.165, 1.54) is 25.7 Å². The number of rotatable bonds is 1. The van der Waals surface area contributed by atoms with E-state index in [0.717, 1.165) is 38.5 Å². The first kappa shape index (κ1) is 24.3. The van der Waals surface area contributed by atoms with E-state index in [4.69, 9.17) is 0 Å². The third-order valence-corrected chi connectivity index (χ3v) is 13.0. The van der Waals surface area contributed by atoms with Crippen molar-refractivity contribution < 1.29 is 15.3 Å². The lowest BCUT2D eigenvalue weighted by Gasteiger charge is -2.64. The highest BCUT2D eigenvalue weighted by atomic mass is 16.3. The topological polar surface area (TPSA) is 60.7 Å². The Labute approximate surface area is 202 Å². The molecule has 5 aliphatic rings. The van der Waals surface area contributed by atoms with Gasteiger partial charge in [0.2, 0.25) is 0 Å². The average molecular weight is 459 g/mol. The van der Waals surface area contributed by atoms with Crippen LogP contribution in [0, 0.1) is 50.7 Å². The Bertz CT molecular complexity index is 817. The minimum atomic E-state index is -0.378. The average Bonchev–Trinajstić information content (AvgIpc) is 2.91. The first-order chi connectivity index (χ1) is 15.3. The SMILES string of the molecule is CC1(C)[C@H](O)CC[C@]2(C)[C@H]3CC[C@H]4[C@@](C)(CC[C@@H]5[C@]4(C)CC[C@@H](O)[C@]5(C)CO)CC3=CC[C@@H]12. The maximum atomic E-state index is 10.9. The van der Waals surface area contributed by atoms with Gasteiger partial charge in [-0.15, -0.1) is 0 Å². The third-order valence-electron chi connectivity index (χ3n) is 13.0. The summed E-state index contributed by atoms with van der Waals surface area (Å²) in [5, 5.41) is 32.2. The summed E-state index contributed by atoms with van der Waals surface area (Å²) in [5.41, 5.74) is 2.15. The second-order valence-electron chi connectivity index (χ2n) is 14.8. The molecule has 4 saturated carbocycles. The van der Waals surface area contributed by atoms with Crippen molar-refractivity contribution in [3.8, 4) is 0 Å². The van der Waals surface area contributed by atoms with Gasteiger partial charge >= 0.3 is 0 Å². The fourth-order valence-corrected chi connectivity index (χ4v) is 11.0. The molecule has 3 N–H and O–H groups in total. The predicted molar refractivity (Wildman–Crippen MR) is 134 cm³/mol. The Hall–Kier alpha value is -0.380. The second kappa shape index (κ2) is 7.56. The fourth-order valence-electron chi connectivity index (χ4n) is 11.0. The highest BCUT2D eigenvalue weighted by Gasteiger charge is 2.63. The van der Waals surface area contributed by atoms with E-state index in [2.05, 4.69) is 47.6 Å². The number of aliphatic hydroxyl groups excluding tert-OH is 3. The number of hydrogen-bond acceptors (Lipinski definition) is 3. The summed E-state index contributed by atoms with van der Waals surface area (Å²) in [4.78, 5) is 0. The van der Waals surface area contributed by atoms with Gasteiger partial charge in [-0.05, 0) is 110 Å². The van der Waals surface area contributed by atoms with Gasteiger partial charge in [-0.25, -0.2) is 0 Å². The second-order valence-corrected chi connectivity index (χ2v) is 14.8. The number of hydrogen-bond donors (Lipinski definition) is 3. The molecule has 188 valence electrons. The summed E-state index contributed by atoms with van der Waals surface area (Å²) in [6.45, 7) is 14.5. The predicted octanol–water partition coefficient (Wildman–Crippen LogP) is 6.11. The van der Waals surface area contributed by atoms with Gasteiger partial charge in [0, 0.05) is 5.41 Å². The van der Waals surface area contributed by atoms with Crippen LogP contribution >= 0.6 is 0 Å². The maximum Gasteiger partial charge on any atom is 0.0618 e. The molecular weight excluding hydrogens is 408 g/mol. The molecule has 33 heavy (non-hydrogen) atoms. The van der Waals surface area contributed by atoms with Gasteiger partial charge in [0.15, 0.2) is 0 Å². The summed E-state index contributed by atoms with van der Waals surface area (Å²) >= 11 is 0. The lowest BCUT2D eigenvalue weighted by Crippen LogP contribution is -2.60. The van der Waals surface area contributed by atoms with Crippen LogP contribution in [-0.2, 0) is 0 Å². The molecule has 0 heterocycles. The Morgan fingerprint density at radius 1 is 0.758 bits per heavy atom. The Kier molecular flexibility index (Phi) is 5.57. The Balaban J connectivity index is 1.50. The highest BCUT2D eigenvalue weighted by Crippen LogP contribution is 2.70. The van der Waals surface area contributed by atoms with E-state index >= 15 is 0 Å². The molecule has 0 bridgehead atoms. The lowest BCUT2D eigenvalue weighted by molar-refractivity contribution is -0.189. The van der Waals surface area contributed by atoms with E-state index in [1.807, 2.05) is 0 Å². The molecule has 5 aliphatic carbocycles. The smallest absolute Gasteiger partial charge is 0.0618 e. The van der Waals surface area contributed by atoms with Crippen molar-refractivity contribution in [3.63, 3.8) is 0 Å². The van der Waals surface area contributed by atoms with Gasteiger partial charge in [-0.2, -0.15) is 0 Å². The quantitative estimate of drug-likeness (QED) is 0.415. The van der Waals surface area contributed by atoms with Crippen molar-refractivity contribution in [1.29, 1.82) is 0 Å².